The molecular weight excluding hydrogens is 594 g/mol. The first-order valence-corrected chi connectivity index (χ1v) is 19.0. The zero-order valence-corrected chi connectivity index (χ0v) is 29.5. The molecule has 7 heteroatoms. The molecule has 0 radical (unpaired) electrons. The number of rotatable bonds is 29. The Bertz CT molecular complexity index is 1080. The van der Waals surface area contributed by atoms with Crippen molar-refractivity contribution in [3.8, 4) is 0 Å². The van der Waals surface area contributed by atoms with Crippen LogP contribution >= 0.6 is 0 Å². The minimum Gasteiger partial charge on any atom is -0.387 e. The first-order valence-electron chi connectivity index (χ1n) is 17.4. The van der Waals surface area contributed by atoms with Crippen LogP contribution in [0.3, 0.4) is 0 Å². The summed E-state index contributed by atoms with van der Waals surface area (Å²) in [7, 11) is -4.36. The van der Waals surface area contributed by atoms with Gasteiger partial charge in [0.2, 0.25) is 5.91 Å². The van der Waals surface area contributed by atoms with Crippen LogP contribution in [0.4, 0.5) is 0 Å². The van der Waals surface area contributed by atoms with Gasteiger partial charge in [0, 0.05) is 6.42 Å². The molecule has 0 aromatic carbocycles. The number of aliphatic hydroxyl groups is 1. The predicted molar refractivity (Wildman–Crippen MR) is 197 cm³/mol. The first-order chi connectivity index (χ1) is 22.3. The van der Waals surface area contributed by atoms with E-state index in [0.717, 1.165) is 70.6 Å². The average Bonchev–Trinajstić information content (AvgIpc) is 3.01. The Morgan fingerprint density at radius 1 is 0.609 bits per heavy atom. The molecule has 0 aromatic heterocycles. The quantitative estimate of drug-likeness (QED) is 0.0422. The summed E-state index contributed by atoms with van der Waals surface area (Å²) in [5.41, 5.74) is 0. The van der Waals surface area contributed by atoms with E-state index in [-0.39, 0.29) is 12.3 Å². The smallest absolute Gasteiger partial charge is 0.267 e. The van der Waals surface area contributed by atoms with E-state index < -0.39 is 28.0 Å². The van der Waals surface area contributed by atoms with Crippen molar-refractivity contribution in [3.63, 3.8) is 0 Å². The van der Waals surface area contributed by atoms with Gasteiger partial charge in [0.05, 0.1) is 17.9 Å². The van der Waals surface area contributed by atoms with Gasteiger partial charge in [-0.1, -0.05) is 143 Å². The number of hydrogen-bond donors (Lipinski definition) is 3. The van der Waals surface area contributed by atoms with E-state index in [1.54, 1.807) is 0 Å². The lowest BCUT2D eigenvalue weighted by Crippen LogP contribution is -2.46. The maximum Gasteiger partial charge on any atom is 0.267 e. The monoisotopic (exact) mass is 657 g/mol. The third-order valence-electron chi connectivity index (χ3n) is 7.02. The third-order valence-corrected chi connectivity index (χ3v) is 7.80. The summed E-state index contributed by atoms with van der Waals surface area (Å²) in [5.74, 6) is -1.07. The minimum absolute atomic E-state index is 0.209. The summed E-state index contributed by atoms with van der Waals surface area (Å²) in [6.07, 6.45) is 48.4. The summed E-state index contributed by atoms with van der Waals surface area (Å²) in [4.78, 5) is 12.4. The molecule has 0 saturated carbocycles. The highest BCUT2D eigenvalue weighted by atomic mass is 32.2. The normalized spacial score (nSPS) is 14.6. The molecule has 3 N–H and O–H groups in total. The van der Waals surface area contributed by atoms with Crippen LogP contribution in [0.5, 0.6) is 0 Å². The number of aliphatic hydroxyl groups excluding tert-OH is 1. The van der Waals surface area contributed by atoms with Crippen LogP contribution in [-0.2, 0) is 14.9 Å². The fourth-order valence-corrected chi connectivity index (χ4v) is 5.17. The number of carbonyl (C=O) groups is 1. The molecule has 46 heavy (non-hydrogen) atoms. The van der Waals surface area contributed by atoms with Crippen molar-refractivity contribution >= 4 is 16.0 Å². The molecule has 0 aliphatic heterocycles. The molecule has 2 unspecified atom stereocenters. The molecule has 6 nitrogen and oxygen atoms in total. The zero-order valence-electron chi connectivity index (χ0n) is 28.6. The molecule has 0 heterocycles. The Morgan fingerprint density at radius 2 is 1.04 bits per heavy atom. The number of nitrogens with one attached hydrogen (secondary N) is 1. The Hall–Kier alpha value is -2.74. The van der Waals surface area contributed by atoms with Crippen LogP contribution in [0.2, 0.25) is 0 Å². The summed E-state index contributed by atoms with van der Waals surface area (Å²) in [5, 5.41) is 13.0. The van der Waals surface area contributed by atoms with E-state index in [2.05, 4.69) is 98.2 Å². The molecule has 0 aliphatic carbocycles. The summed E-state index contributed by atoms with van der Waals surface area (Å²) in [6, 6.07) is -1.09. The van der Waals surface area contributed by atoms with Gasteiger partial charge in [-0.05, 0) is 70.6 Å². The van der Waals surface area contributed by atoms with Crippen LogP contribution in [0.1, 0.15) is 123 Å². The second-order valence-electron chi connectivity index (χ2n) is 11.4. The fraction of sp³-hybridized carbons (Fsp3) is 0.564. The molecule has 0 fully saturated rings. The molecule has 2 atom stereocenters. The highest BCUT2D eigenvalue weighted by Crippen LogP contribution is 2.09. The first kappa shape index (κ1) is 43.3. The van der Waals surface area contributed by atoms with Crippen LogP contribution in [0.15, 0.2) is 97.2 Å². The van der Waals surface area contributed by atoms with Gasteiger partial charge in [0.25, 0.3) is 10.1 Å². The maximum absolute atomic E-state index is 12.4. The van der Waals surface area contributed by atoms with Crippen LogP contribution in [0.25, 0.3) is 0 Å². The van der Waals surface area contributed by atoms with Gasteiger partial charge in [0.1, 0.15) is 0 Å². The van der Waals surface area contributed by atoms with E-state index in [0.29, 0.717) is 6.42 Å². The minimum atomic E-state index is -4.36. The van der Waals surface area contributed by atoms with Gasteiger partial charge in [0.15, 0.2) is 0 Å². The Labute approximate surface area is 281 Å². The molecule has 260 valence electrons. The Balaban J connectivity index is 4.11. The Kier molecular flexibility index (Phi) is 30.3. The highest BCUT2D eigenvalue weighted by Gasteiger charge is 2.24. The predicted octanol–water partition coefficient (Wildman–Crippen LogP) is 9.84. The standard InChI is InChI=1S/C39H63NO5S/c1-3-5-7-9-11-13-14-15-16-17-18-19-20-21-22-23-24-25-26-27-29-31-33-35-39(42)40-37(36-46(43,44)45)38(41)34-32-30-28-12-10-8-6-4-2/h5,7,11,13,15-16,18-19,21-22,24-25,27,29,32,34,37-38,41H,3-4,6,8-10,12,14,17,20,23,26,28,30-31,33,35-36H2,1-2H3,(H,40,42)(H,43,44,45)/b7-5-,13-11-,16-15-,19-18-,22-21-,25-24-,29-27-,34-32+. The Morgan fingerprint density at radius 3 is 1.52 bits per heavy atom. The number of amides is 1. The molecule has 0 rings (SSSR count). The zero-order chi connectivity index (χ0) is 34.0. The van der Waals surface area contributed by atoms with Crippen molar-refractivity contribution in [2.24, 2.45) is 0 Å². The van der Waals surface area contributed by atoms with Crippen LogP contribution in [-0.4, -0.2) is 41.9 Å². The van der Waals surface area contributed by atoms with Gasteiger partial charge >= 0.3 is 0 Å². The fourth-order valence-electron chi connectivity index (χ4n) is 4.43. The lowest BCUT2D eigenvalue weighted by atomic mass is 10.1. The van der Waals surface area contributed by atoms with E-state index in [1.165, 1.54) is 31.8 Å². The molecule has 0 bridgehead atoms. The summed E-state index contributed by atoms with van der Waals surface area (Å²) in [6.45, 7) is 4.32. The van der Waals surface area contributed by atoms with Gasteiger partial charge in [-0.2, -0.15) is 8.42 Å². The van der Waals surface area contributed by atoms with E-state index in [1.807, 2.05) is 12.2 Å². The van der Waals surface area contributed by atoms with Gasteiger partial charge in [-0.15, -0.1) is 0 Å². The maximum atomic E-state index is 12.4. The molecule has 0 aromatic rings. The van der Waals surface area contributed by atoms with Gasteiger partial charge < -0.3 is 10.4 Å². The average molecular weight is 658 g/mol. The second kappa shape index (κ2) is 32.2. The highest BCUT2D eigenvalue weighted by molar-refractivity contribution is 7.85. The van der Waals surface area contributed by atoms with E-state index in [4.69, 9.17) is 0 Å². The topological polar surface area (TPSA) is 104 Å². The van der Waals surface area contributed by atoms with E-state index >= 15 is 0 Å². The van der Waals surface area contributed by atoms with Crippen molar-refractivity contribution < 1.29 is 22.9 Å². The number of allylic oxidation sites excluding steroid dienone is 15. The number of carbonyl (C=O) groups excluding carboxylic acids is 1. The van der Waals surface area contributed by atoms with Crippen LogP contribution in [0, 0.1) is 0 Å². The lowest BCUT2D eigenvalue weighted by Gasteiger charge is -2.21. The van der Waals surface area contributed by atoms with Crippen molar-refractivity contribution in [3.05, 3.63) is 97.2 Å². The molecule has 0 aliphatic rings. The second-order valence-corrected chi connectivity index (χ2v) is 12.9. The SMILES string of the molecule is CC/C=C\C/C=C\C/C=C\C/C=C\C/C=C\C/C=C\C/C=C\CCCC(=O)NC(CS(=O)(=O)O)C(O)/C=C/CCCCCCCC. The summed E-state index contributed by atoms with van der Waals surface area (Å²) >= 11 is 0. The van der Waals surface area contributed by atoms with Crippen molar-refractivity contribution in [1.29, 1.82) is 0 Å². The third kappa shape index (κ3) is 32.6. The molecule has 1 amide bonds. The largest absolute Gasteiger partial charge is 0.387 e. The van der Waals surface area contributed by atoms with E-state index in [9.17, 15) is 22.9 Å². The molecular formula is C39H63NO5S. The van der Waals surface area contributed by atoms with Gasteiger partial charge in [-0.3, -0.25) is 9.35 Å². The van der Waals surface area contributed by atoms with Crippen molar-refractivity contribution in [2.45, 2.75) is 135 Å². The lowest BCUT2D eigenvalue weighted by molar-refractivity contribution is -0.122. The molecule has 0 saturated heterocycles. The number of unbranched alkanes of at least 4 members (excludes halogenated alkanes) is 7. The number of hydrogen-bond acceptors (Lipinski definition) is 4. The van der Waals surface area contributed by atoms with Gasteiger partial charge in [-0.25, -0.2) is 0 Å². The van der Waals surface area contributed by atoms with Crippen LogP contribution < -0.4 is 5.32 Å². The van der Waals surface area contributed by atoms with Crippen molar-refractivity contribution in [1.82, 2.24) is 5.32 Å². The molecule has 0 spiro atoms. The summed E-state index contributed by atoms with van der Waals surface area (Å²) < 4.78 is 32.2. The van der Waals surface area contributed by atoms with Crippen molar-refractivity contribution in [2.75, 3.05) is 5.75 Å².